The second-order valence-electron chi connectivity index (χ2n) is 3.47. The zero-order valence-corrected chi connectivity index (χ0v) is 8.41. The Bertz CT molecular complexity index is 225. The van der Waals surface area contributed by atoms with Gasteiger partial charge in [-0.15, -0.1) is 0 Å². The minimum Gasteiger partial charge on any atom is -0.393 e. The van der Waals surface area contributed by atoms with Crippen molar-refractivity contribution in [2.75, 3.05) is 13.0 Å². The van der Waals surface area contributed by atoms with E-state index < -0.39 is 19.5 Å². The molecule has 0 radical (unpaired) electrons. The quantitative estimate of drug-likeness (QED) is 0.568. The van der Waals surface area contributed by atoms with Crippen molar-refractivity contribution in [1.82, 2.24) is 0 Å². The van der Waals surface area contributed by atoms with Crippen LogP contribution in [0.25, 0.3) is 0 Å². The SMILES string of the molecule is CC[C@@H]1C[C@@]1(CO)OCP(=O)(O)O. The smallest absolute Gasteiger partial charge is 0.351 e. The number of rotatable bonds is 5. The lowest BCUT2D eigenvalue weighted by atomic mass is 10.2. The minimum absolute atomic E-state index is 0.161. The van der Waals surface area contributed by atoms with E-state index >= 15 is 0 Å². The molecule has 0 heterocycles. The molecule has 1 saturated carbocycles. The Morgan fingerprint density at radius 3 is 2.54 bits per heavy atom. The number of hydrogen-bond donors (Lipinski definition) is 3. The third-order valence-electron chi connectivity index (χ3n) is 2.46. The summed E-state index contributed by atoms with van der Waals surface area (Å²) >= 11 is 0. The van der Waals surface area contributed by atoms with Crippen molar-refractivity contribution in [1.29, 1.82) is 0 Å². The van der Waals surface area contributed by atoms with Crippen molar-refractivity contribution in [2.24, 2.45) is 5.92 Å². The molecule has 0 aliphatic heterocycles. The summed E-state index contributed by atoms with van der Waals surface area (Å²) in [5.74, 6) is 0.240. The highest BCUT2D eigenvalue weighted by atomic mass is 31.2. The van der Waals surface area contributed by atoms with Gasteiger partial charge in [-0.1, -0.05) is 13.3 Å². The van der Waals surface area contributed by atoms with Gasteiger partial charge < -0.3 is 19.6 Å². The zero-order chi connectivity index (χ0) is 10.1. The predicted octanol–water partition coefficient (Wildman–Crippen LogP) is 0.299. The van der Waals surface area contributed by atoms with Crippen LogP contribution in [-0.2, 0) is 9.30 Å². The fourth-order valence-electron chi connectivity index (χ4n) is 1.50. The molecule has 0 amide bonds. The third kappa shape index (κ3) is 2.76. The van der Waals surface area contributed by atoms with Crippen molar-refractivity contribution in [3.63, 3.8) is 0 Å². The Kier molecular flexibility index (Phi) is 3.15. The number of ether oxygens (including phenoxy) is 1. The summed E-state index contributed by atoms with van der Waals surface area (Å²) in [6, 6.07) is 0. The van der Waals surface area contributed by atoms with Gasteiger partial charge >= 0.3 is 7.60 Å². The molecule has 78 valence electrons. The summed E-state index contributed by atoms with van der Waals surface area (Å²) in [7, 11) is -4.11. The van der Waals surface area contributed by atoms with Crippen LogP contribution in [0.1, 0.15) is 19.8 Å². The Balaban J connectivity index is 2.40. The van der Waals surface area contributed by atoms with E-state index in [0.717, 1.165) is 6.42 Å². The lowest BCUT2D eigenvalue weighted by Crippen LogP contribution is -2.23. The van der Waals surface area contributed by atoms with Gasteiger partial charge in [-0.2, -0.15) is 0 Å². The third-order valence-corrected chi connectivity index (χ3v) is 2.92. The topological polar surface area (TPSA) is 87.0 Å². The van der Waals surface area contributed by atoms with Crippen LogP contribution in [0.4, 0.5) is 0 Å². The second kappa shape index (κ2) is 3.67. The van der Waals surface area contributed by atoms with Gasteiger partial charge in [-0.05, 0) is 12.3 Å². The van der Waals surface area contributed by atoms with Crippen molar-refractivity contribution in [2.45, 2.75) is 25.4 Å². The Labute approximate surface area is 76.9 Å². The molecule has 3 N–H and O–H groups in total. The first-order valence-electron chi connectivity index (χ1n) is 4.23. The van der Waals surface area contributed by atoms with Gasteiger partial charge in [0.15, 0.2) is 0 Å². The van der Waals surface area contributed by atoms with E-state index in [4.69, 9.17) is 19.6 Å². The van der Waals surface area contributed by atoms with Crippen LogP contribution in [0.15, 0.2) is 0 Å². The maximum absolute atomic E-state index is 10.5. The van der Waals surface area contributed by atoms with Crippen LogP contribution >= 0.6 is 7.60 Å². The van der Waals surface area contributed by atoms with E-state index in [1.54, 1.807) is 0 Å². The summed E-state index contributed by atoms with van der Waals surface area (Å²) in [4.78, 5) is 17.1. The minimum atomic E-state index is -4.11. The summed E-state index contributed by atoms with van der Waals surface area (Å²) in [5, 5.41) is 8.98. The lowest BCUT2D eigenvalue weighted by Gasteiger charge is -2.15. The molecule has 1 aliphatic carbocycles. The van der Waals surface area contributed by atoms with Gasteiger partial charge in [-0.25, -0.2) is 0 Å². The molecule has 2 atom stereocenters. The summed E-state index contributed by atoms with van der Waals surface area (Å²) in [6.45, 7) is 1.80. The molecule has 0 aromatic carbocycles. The lowest BCUT2D eigenvalue weighted by molar-refractivity contribution is -0.00209. The standard InChI is InChI=1S/C7H15O5P/c1-2-6-3-7(6,4-8)12-5-13(9,10)11/h6,8H,2-5H2,1H3,(H2,9,10,11)/t6-,7+/m1/s1. The highest BCUT2D eigenvalue weighted by Crippen LogP contribution is 2.51. The molecule has 0 aromatic rings. The second-order valence-corrected chi connectivity index (χ2v) is 5.06. The van der Waals surface area contributed by atoms with E-state index in [2.05, 4.69) is 0 Å². The molecular weight excluding hydrogens is 195 g/mol. The number of hydrogen-bond acceptors (Lipinski definition) is 3. The molecule has 0 saturated heterocycles. The van der Waals surface area contributed by atoms with Crippen LogP contribution in [0.5, 0.6) is 0 Å². The van der Waals surface area contributed by atoms with Crippen molar-refractivity contribution < 1.29 is 24.2 Å². The summed E-state index contributed by atoms with van der Waals surface area (Å²) in [6.07, 6.45) is 0.964. The maximum atomic E-state index is 10.5. The number of aliphatic hydroxyl groups excluding tert-OH is 1. The predicted molar refractivity (Wildman–Crippen MR) is 46.2 cm³/mol. The monoisotopic (exact) mass is 210 g/mol. The Hall–Kier alpha value is 0.0700. The van der Waals surface area contributed by atoms with Crippen LogP contribution in [0.2, 0.25) is 0 Å². The normalized spacial score (nSPS) is 33.4. The first kappa shape index (κ1) is 11.1. The van der Waals surface area contributed by atoms with E-state index in [1.165, 1.54) is 0 Å². The molecule has 0 spiro atoms. The van der Waals surface area contributed by atoms with Crippen LogP contribution in [0, 0.1) is 5.92 Å². The first-order valence-corrected chi connectivity index (χ1v) is 6.02. The van der Waals surface area contributed by atoms with E-state index in [0.29, 0.717) is 6.42 Å². The molecule has 1 rings (SSSR count). The van der Waals surface area contributed by atoms with Crippen molar-refractivity contribution >= 4 is 7.60 Å². The molecule has 0 bridgehead atoms. The van der Waals surface area contributed by atoms with Gasteiger partial charge in [-0.3, -0.25) is 4.57 Å². The van der Waals surface area contributed by atoms with E-state index in [-0.39, 0.29) is 12.5 Å². The fourth-order valence-corrected chi connectivity index (χ4v) is 1.93. The zero-order valence-electron chi connectivity index (χ0n) is 7.51. The Morgan fingerprint density at radius 1 is 1.62 bits per heavy atom. The summed E-state index contributed by atoms with van der Waals surface area (Å²) < 4.78 is 15.5. The van der Waals surface area contributed by atoms with Gasteiger partial charge in [0.1, 0.15) is 6.35 Å². The van der Waals surface area contributed by atoms with Gasteiger partial charge in [0.2, 0.25) is 0 Å². The van der Waals surface area contributed by atoms with Gasteiger partial charge in [0.05, 0.1) is 12.2 Å². The van der Waals surface area contributed by atoms with E-state index in [9.17, 15) is 4.57 Å². The Morgan fingerprint density at radius 2 is 2.23 bits per heavy atom. The average Bonchev–Trinajstić information content (AvgIpc) is 2.75. The van der Waals surface area contributed by atoms with Crippen LogP contribution in [-0.4, -0.2) is 33.4 Å². The molecule has 5 nitrogen and oxygen atoms in total. The summed E-state index contributed by atoms with van der Waals surface area (Å²) in [5.41, 5.74) is -0.671. The largest absolute Gasteiger partial charge is 0.393 e. The molecular formula is C7H15O5P. The van der Waals surface area contributed by atoms with Crippen LogP contribution in [0.3, 0.4) is 0 Å². The maximum Gasteiger partial charge on any atom is 0.351 e. The molecule has 0 aromatic heterocycles. The van der Waals surface area contributed by atoms with Crippen LogP contribution < -0.4 is 0 Å². The highest BCUT2D eigenvalue weighted by Gasteiger charge is 2.54. The van der Waals surface area contributed by atoms with Crippen molar-refractivity contribution in [3.8, 4) is 0 Å². The van der Waals surface area contributed by atoms with Gasteiger partial charge in [0.25, 0.3) is 0 Å². The molecule has 6 heteroatoms. The number of aliphatic hydroxyl groups is 1. The molecule has 1 fully saturated rings. The first-order chi connectivity index (χ1) is 5.93. The molecule has 1 aliphatic rings. The molecule has 13 heavy (non-hydrogen) atoms. The fraction of sp³-hybridized carbons (Fsp3) is 1.00. The molecule has 0 unspecified atom stereocenters. The van der Waals surface area contributed by atoms with Crippen molar-refractivity contribution in [3.05, 3.63) is 0 Å². The highest BCUT2D eigenvalue weighted by molar-refractivity contribution is 7.51. The van der Waals surface area contributed by atoms with E-state index in [1.807, 2.05) is 6.92 Å². The van der Waals surface area contributed by atoms with Gasteiger partial charge in [0, 0.05) is 0 Å². The average molecular weight is 210 g/mol.